The van der Waals surface area contributed by atoms with Crippen LogP contribution < -0.4 is 0 Å². The van der Waals surface area contributed by atoms with E-state index in [1.165, 1.54) is 25.7 Å². The van der Waals surface area contributed by atoms with Crippen molar-refractivity contribution in [1.82, 2.24) is 0 Å². The maximum Gasteiger partial charge on any atom is 0.0459 e. The summed E-state index contributed by atoms with van der Waals surface area (Å²) in [6.45, 7) is 0.383. The van der Waals surface area contributed by atoms with Crippen molar-refractivity contribution in [2.45, 2.75) is 32.1 Å². The topological polar surface area (TPSA) is 20.2 Å². The van der Waals surface area contributed by atoms with Crippen LogP contribution in [0.25, 0.3) is 0 Å². The summed E-state index contributed by atoms with van der Waals surface area (Å²) in [4.78, 5) is 0. The Kier molecular flexibility index (Phi) is 3.52. The molecule has 1 atom stereocenters. The fraction of sp³-hybridized carbons (Fsp3) is 0.778. The van der Waals surface area contributed by atoms with Crippen LogP contribution in [-0.2, 0) is 0 Å². The Balaban J connectivity index is 2.27. The summed E-state index contributed by atoms with van der Waals surface area (Å²) in [6, 6.07) is 0. The third kappa shape index (κ3) is 2.53. The van der Waals surface area contributed by atoms with Crippen LogP contribution in [0.15, 0.2) is 12.2 Å². The summed E-state index contributed by atoms with van der Waals surface area (Å²) in [7, 11) is 0. The van der Waals surface area contributed by atoms with Gasteiger partial charge in [0.1, 0.15) is 0 Å². The number of rotatable bonds is 1. The summed E-state index contributed by atoms with van der Waals surface area (Å²) in [5.41, 5.74) is 0. The smallest absolute Gasteiger partial charge is 0.0459 e. The van der Waals surface area contributed by atoms with Crippen LogP contribution in [0.5, 0.6) is 0 Å². The third-order valence-electron chi connectivity index (χ3n) is 2.15. The lowest BCUT2D eigenvalue weighted by molar-refractivity contribution is 0.208. The van der Waals surface area contributed by atoms with E-state index in [0.717, 1.165) is 6.42 Å². The third-order valence-corrected chi connectivity index (χ3v) is 2.15. The summed E-state index contributed by atoms with van der Waals surface area (Å²) < 4.78 is 0. The van der Waals surface area contributed by atoms with Crippen LogP contribution in [0.2, 0.25) is 0 Å². The number of aliphatic hydroxyl groups excluding tert-OH is 1. The molecule has 10 heavy (non-hydrogen) atoms. The van der Waals surface area contributed by atoms with Crippen molar-refractivity contribution in [3.8, 4) is 0 Å². The van der Waals surface area contributed by atoms with Crippen molar-refractivity contribution in [2.24, 2.45) is 5.92 Å². The highest BCUT2D eigenvalue weighted by Crippen LogP contribution is 2.17. The Morgan fingerprint density at radius 2 is 2.00 bits per heavy atom. The van der Waals surface area contributed by atoms with Crippen LogP contribution >= 0.6 is 0 Å². The van der Waals surface area contributed by atoms with Crippen molar-refractivity contribution in [3.63, 3.8) is 0 Å². The normalized spacial score (nSPS) is 27.5. The molecule has 1 nitrogen and oxygen atoms in total. The Morgan fingerprint density at radius 1 is 1.20 bits per heavy atom. The molecule has 0 heterocycles. The fourth-order valence-corrected chi connectivity index (χ4v) is 1.42. The van der Waals surface area contributed by atoms with E-state index in [-0.39, 0.29) is 0 Å². The molecule has 1 unspecified atom stereocenters. The number of hydrogen-bond acceptors (Lipinski definition) is 1. The first-order valence-corrected chi connectivity index (χ1v) is 4.19. The molecule has 1 rings (SSSR count). The molecule has 0 bridgehead atoms. The van der Waals surface area contributed by atoms with E-state index in [1.54, 1.807) is 0 Å². The molecule has 1 aliphatic carbocycles. The molecule has 58 valence electrons. The molecular formula is C9H16O. The highest BCUT2D eigenvalue weighted by molar-refractivity contribution is 4.84. The molecule has 0 aliphatic heterocycles. The van der Waals surface area contributed by atoms with Gasteiger partial charge in [0.15, 0.2) is 0 Å². The Morgan fingerprint density at radius 3 is 2.80 bits per heavy atom. The van der Waals surface area contributed by atoms with E-state index >= 15 is 0 Å². The maximum atomic E-state index is 8.88. The molecule has 1 aliphatic rings. The van der Waals surface area contributed by atoms with E-state index in [0.29, 0.717) is 12.5 Å². The SMILES string of the molecule is OCC1CCC=CCCC1. The van der Waals surface area contributed by atoms with E-state index in [2.05, 4.69) is 12.2 Å². The molecular weight excluding hydrogens is 124 g/mol. The molecule has 0 aromatic carbocycles. The summed E-state index contributed by atoms with van der Waals surface area (Å²) >= 11 is 0. The van der Waals surface area contributed by atoms with Gasteiger partial charge in [-0.25, -0.2) is 0 Å². The zero-order chi connectivity index (χ0) is 7.23. The largest absolute Gasteiger partial charge is 0.396 e. The average Bonchev–Trinajstić information content (AvgIpc) is 1.87. The van der Waals surface area contributed by atoms with Gasteiger partial charge in [0.2, 0.25) is 0 Å². The molecule has 0 saturated heterocycles. The van der Waals surface area contributed by atoms with E-state index in [1.807, 2.05) is 0 Å². The van der Waals surface area contributed by atoms with Gasteiger partial charge in [-0.2, -0.15) is 0 Å². The van der Waals surface area contributed by atoms with Crippen molar-refractivity contribution in [2.75, 3.05) is 6.61 Å². The van der Waals surface area contributed by atoms with Gasteiger partial charge in [0.25, 0.3) is 0 Å². The van der Waals surface area contributed by atoms with Gasteiger partial charge >= 0.3 is 0 Å². The zero-order valence-corrected chi connectivity index (χ0v) is 6.42. The summed E-state index contributed by atoms with van der Waals surface area (Å²) in [5, 5.41) is 8.88. The second-order valence-electron chi connectivity index (χ2n) is 3.03. The lowest BCUT2D eigenvalue weighted by atomic mass is 9.95. The molecule has 0 fully saturated rings. The molecule has 1 N–H and O–H groups in total. The molecule has 0 radical (unpaired) electrons. The predicted molar refractivity (Wildman–Crippen MR) is 42.8 cm³/mol. The van der Waals surface area contributed by atoms with E-state index < -0.39 is 0 Å². The second kappa shape index (κ2) is 4.51. The van der Waals surface area contributed by atoms with Gasteiger partial charge in [0, 0.05) is 6.61 Å². The van der Waals surface area contributed by atoms with Crippen LogP contribution in [0.4, 0.5) is 0 Å². The van der Waals surface area contributed by atoms with Gasteiger partial charge < -0.3 is 5.11 Å². The van der Waals surface area contributed by atoms with Crippen molar-refractivity contribution in [3.05, 3.63) is 12.2 Å². The van der Waals surface area contributed by atoms with Gasteiger partial charge in [-0.3, -0.25) is 0 Å². The first-order chi connectivity index (χ1) is 4.93. The lowest BCUT2D eigenvalue weighted by Crippen LogP contribution is -2.06. The Labute approximate surface area is 62.8 Å². The molecule has 0 saturated carbocycles. The van der Waals surface area contributed by atoms with Gasteiger partial charge in [-0.15, -0.1) is 0 Å². The van der Waals surface area contributed by atoms with E-state index in [4.69, 9.17) is 5.11 Å². The monoisotopic (exact) mass is 140 g/mol. The average molecular weight is 140 g/mol. The van der Waals surface area contributed by atoms with Crippen LogP contribution in [0, 0.1) is 5.92 Å². The summed E-state index contributed by atoms with van der Waals surface area (Å²) in [5.74, 6) is 0.574. The molecule has 0 amide bonds. The van der Waals surface area contributed by atoms with Gasteiger partial charge in [-0.1, -0.05) is 12.2 Å². The van der Waals surface area contributed by atoms with Gasteiger partial charge in [0.05, 0.1) is 0 Å². The fourth-order valence-electron chi connectivity index (χ4n) is 1.42. The minimum absolute atomic E-state index is 0.383. The molecule has 1 heteroatoms. The Hall–Kier alpha value is -0.300. The highest BCUT2D eigenvalue weighted by atomic mass is 16.3. The number of hydrogen-bond donors (Lipinski definition) is 1. The predicted octanol–water partition coefficient (Wildman–Crippen LogP) is 2.12. The van der Waals surface area contributed by atoms with Crippen LogP contribution in [-0.4, -0.2) is 11.7 Å². The quantitative estimate of drug-likeness (QED) is 0.553. The van der Waals surface area contributed by atoms with Crippen LogP contribution in [0.3, 0.4) is 0 Å². The zero-order valence-electron chi connectivity index (χ0n) is 6.42. The van der Waals surface area contributed by atoms with E-state index in [9.17, 15) is 0 Å². The molecule has 0 aromatic rings. The number of aliphatic hydroxyl groups is 1. The summed E-state index contributed by atoms with van der Waals surface area (Å²) in [6.07, 6.45) is 10.5. The minimum atomic E-state index is 0.383. The highest BCUT2D eigenvalue weighted by Gasteiger charge is 2.06. The first kappa shape index (κ1) is 7.80. The van der Waals surface area contributed by atoms with Crippen molar-refractivity contribution in [1.29, 1.82) is 0 Å². The minimum Gasteiger partial charge on any atom is -0.396 e. The van der Waals surface area contributed by atoms with Crippen molar-refractivity contribution < 1.29 is 5.11 Å². The first-order valence-electron chi connectivity index (χ1n) is 4.19. The maximum absolute atomic E-state index is 8.88. The Bertz CT molecular complexity index is 107. The van der Waals surface area contributed by atoms with Crippen LogP contribution in [0.1, 0.15) is 32.1 Å². The lowest BCUT2D eigenvalue weighted by Gasteiger charge is -2.13. The number of allylic oxidation sites excluding steroid dienone is 2. The van der Waals surface area contributed by atoms with Gasteiger partial charge in [-0.05, 0) is 38.0 Å². The molecule has 0 spiro atoms. The van der Waals surface area contributed by atoms with Crippen molar-refractivity contribution >= 4 is 0 Å². The molecule has 0 aromatic heterocycles. The standard InChI is InChI=1S/C9H16O/c10-8-9-6-4-2-1-3-5-7-9/h1-2,9-10H,3-8H2. The second-order valence-corrected chi connectivity index (χ2v) is 3.03.